The predicted octanol–water partition coefficient (Wildman–Crippen LogP) is 5.45. The number of aliphatic carboxylic acids is 1. The number of hydrogen-bond donors (Lipinski definition) is 2. The van der Waals surface area contributed by atoms with Crippen molar-refractivity contribution < 1.29 is 23.8 Å². The summed E-state index contributed by atoms with van der Waals surface area (Å²) in [5.74, 6) is -0.321. The molecule has 4 heterocycles. The Labute approximate surface area is 224 Å². The third kappa shape index (κ3) is 6.71. The van der Waals surface area contributed by atoms with Crippen molar-refractivity contribution in [3.63, 3.8) is 0 Å². The fraction of sp³-hybridized carbons (Fsp3) is 0.600. The van der Waals surface area contributed by atoms with Gasteiger partial charge in [0.05, 0.1) is 12.2 Å². The summed E-state index contributed by atoms with van der Waals surface area (Å²) in [6.45, 7) is 3.47. The largest absolute Gasteiger partial charge is 0.480 e. The molecule has 0 spiro atoms. The minimum absolute atomic E-state index is 0.00632. The lowest BCUT2D eigenvalue weighted by atomic mass is 9.92. The lowest BCUT2D eigenvalue weighted by Gasteiger charge is -2.30. The van der Waals surface area contributed by atoms with E-state index in [1.54, 1.807) is 6.07 Å². The zero-order valence-corrected chi connectivity index (χ0v) is 22.2. The lowest BCUT2D eigenvalue weighted by molar-refractivity contribution is -0.143. The Balaban J connectivity index is 1.09. The molecule has 0 radical (unpaired) electrons. The van der Waals surface area contributed by atoms with Crippen molar-refractivity contribution in [1.29, 1.82) is 0 Å². The number of anilines is 1. The number of nitrogens with zero attached hydrogens (tertiary/aromatic N) is 2. The number of unbranched alkanes of at least 4 members (excludes halogenated alkanes) is 2. The Kier molecular flexibility index (Phi) is 9.25. The van der Waals surface area contributed by atoms with Gasteiger partial charge in [-0.25, -0.2) is 9.37 Å². The first-order chi connectivity index (χ1) is 18.6. The van der Waals surface area contributed by atoms with E-state index in [0.29, 0.717) is 31.9 Å². The summed E-state index contributed by atoms with van der Waals surface area (Å²) in [4.78, 5) is 19.1. The second kappa shape index (κ2) is 13.0. The van der Waals surface area contributed by atoms with Gasteiger partial charge in [-0.3, -0.25) is 9.69 Å². The van der Waals surface area contributed by atoms with Crippen molar-refractivity contribution in [2.45, 2.75) is 82.5 Å². The van der Waals surface area contributed by atoms with Crippen LogP contribution in [0.3, 0.4) is 0 Å². The number of likely N-dealkylation sites (tertiary alicyclic amines) is 1. The van der Waals surface area contributed by atoms with Gasteiger partial charge in [-0.15, -0.1) is 0 Å². The molecule has 1 aromatic heterocycles. The molecule has 2 aromatic rings. The molecule has 7 nitrogen and oxygen atoms in total. The summed E-state index contributed by atoms with van der Waals surface area (Å²) in [7, 11) is 0. The summed E-state index contributed by atoms with van der Waals surface area (Å²) >= 11 is 0. The highest BCUT2D eigenvalue weighted by molar-refractivity contribution is 5.76. The van der Waals surface area contributed by atoms with Crippen LogP contribution in [0.2, 0.25) is 0 Å². The number of benzene rings is 1. The zero-order valence-electron chi connectivity index (χ0n) is 22.2. The van der Waals surface area contributed by atoms with Crippen molar-refractivity contribution in [2.75, 3.05) is 38.2 Å². The Morgan fingerprint density at radius 3 is 2.95 bits per heavy atom. The monoisotopic (exact) mass is 525 g/mol. The number of halogens is 1. The lowest BCUT2D eigenvalue weighted by Crippen LogP contribution is -2.34. The Morgan fingerprint density at radius 2 is 2.11 bits per heavy atom. The molecule has 3 aliphatic heterocycles. The topological polar surface area (TPSA) is 83.9 Å². The van der Waals surface area contributed by atoms with Crippen molar-refractivity contribution in [2.24, 2.45) is 0 Å². The van der Waals surface area contributed by atoms with Gasteiger partial charge < -0.3 is 19.9 Å². The standard InChI is InChI=1S/C30H40FN3O4/c31-22-11-13-25(27-9-3-5-18-38-27)26(19-22)28(30(35)36)34-16-14-24(20-34)37-17-4-1-2-8-23-12-10-21-7-6-15-32-29(21)33-23/h10-13,19,24,27-28H,1-9,14-18,20H2,(H,32,33)(H,35,36). The maximum Gasteiger partial charge on any atom is 0.325 e. The molecule has 0 saturated carbocycles. The van der Waals surface area contributed by atoms with Crippen LogP contribution in [0.25, 0.3) is 0 Å². The smallest absolute Gasteiger partial charge is 0.325 e. The van der Waals surface area contributed by atoms with E-state index in [2.05, 4.69) is 17.4 Å². The molecular weight excluding hydrogens is 485 g/mol. The molecule has 5 rings (SSSR count). The number of nitrogens with one attached hydrogen (secondary N) is 1. The molecule has 2 N–H and O–H groups in total. The Morgan fingerprint density at radius 1 is 1.18 bits per heavy atom. The average Bonchev–Trinajstić information content (AvgIpc) is 3.39. The fourth-order valence-corrected chi connectivity index (χ4v) is 6.02. The second-order valence-electron chi connectivity index (χ2n) is 10.8. The van der Waals surface area contributed by atoms with E-state index in [-0.39, 0.29) is 12.2 Å². The highest BCUT2D eigenvalue weighted by Crippen LogP contribution is 2.36. The number of carboxylic acid groups (broad SMARTS) is 1. The molecule has 0 amide bonds. The highest BCUT2D eigenvalue weighted by Gasteiger charge is 2.36. The van der Waals surface area contributed by atoms with Crippen LogP contribution >= 0.6 is 0 Å². The zero-order chi connectivity index (χ0) is 26.3. The molecule has 38 heavy (non-hydrogen) atoms. The predicted molar refractivity (Wildman–Crippen MR) is 144 cm³/mol. The number of carbonyl (C=O) groups is 1. The minimum atomic E-state index is -0.959. The molecule has 8 heteroatoms. The van der Waals surface area contributed by atoms with Crippen LogP contribution in [0.5, 0.6) is 0 Å². The van der Waals surface area contributed by atoms with Crippen LogP contribution in [-0.2, 0) is 27.1 Å². The van der Waals surface area contributed by atoms with Gasteiger partial charge in [0.15, 0.2) is 0 Å². The van der Waals surface area contributed by atoms with Gasteiger partial charge in [-0.05, 0) is 92.7 Å². The number of rotatable bonds is 11. The third-order valence-electron chi connectivity index (χ3n) is 8.03. The van der Waals surface area contributed by atoms with Gasteiger partial charge in [0.25, 0.3) is 0 Å². The van der Waals surface area contributed by atoms with Gasteiger partial charge in [0, 0.05) is 38.5 Å². The first kappa shape index (κ1) is 27.0. The second-order valence-corrected chi connectivity index (χ2v) is 10.8. The molecule has 0 bridgehead atoms. The van der Waals surface area contributed by atoms with Gasteiger partial charge in [-0.2, -0.15) is 0 Å². The van der Waals surface area contributed by atoms with Crippen molar-refractivity contribution in [1.82, 2.24) is 9.88 Å². The molecule has 3 unspecified atom stereocenters. The summed E-state index contributed by atoms with van der Waals surface area (Å²) in [6.07, 6.45) is 9.80. The molecule has 206 valence electrons. The summed E-state index contributed by atoms with van der Waals surface area (Å²) in [6, 6.07) is 7.95. The van der Waals surface area contributed by atoms with Crippen LogP contribution in [0.1, 0.15) is 85.9 Å². The van der Waals surface area contributed by atoms with Gasteiger partial charge in [0.2, 0.25) is 0 Å². The molecule has 2 saturated heterocycles. The van der Waals surface area contributed by atoms with E-state index in [0.717, 1.165) is 81.4 Å². The fourth-order valence-electron chi connectivity index (χ4n) is 6.02. The molecule has 2 fully saturated rings. The normalized spacial score (nSPS) is 22.6. The molecule has 0 aliphatic carbocycles. The van der Waals surface area contributed by atoms with Crippen LogP contribution in [0.15, 0.2) is 30.3 Å². The highest BCUT2D eigenvalue weighted by atomic mass is 19.1. The average molecular weight is 526 g/mol. The van der Waals surface area contributed by atoms with E-state index in [4.69, 9.17) is 14.5 Å². The van der Waals surface area contributed by atoms with Crippen molar-refractivity contribution >= 4 is 11.8 Å². The number of fused-ring (bicyclic) bond motifs is 1. The number of aromatic nitrogens is 1. The molecule has 3 aliphatic rings. The quantitative estimate of drug-likeness (QED) is 0.378. The summed E-state index contributed by atoms with van der Waals surface area (Å²) < 4.78 is 26.3. The number of hydrogen-bond acceptors (Lipinski definition) is 6. The van der Waals surface area contributed by atoms with Crippen LogP contribution in [0.4, 0.5) is 10.2 Å². The van der Waals surface area contributed by atoms with Crippen LogP contribution < -0.4 is 5.32 Å². The molecular formula is C30H40FN3O4. The Hall–Kier alpha value is -2.55. The van der Waals surface area contributed by atoms with E-state index in [1.807, 2.05) is 4.90 Å². The SMILES string of the molecule is O=C(O)C(c1cc(F)ccc1C1CCCCO1)N1CCC(OCCCCCc2ccc3c(n2)NCCC3)C1. The maximum atomic E-state index is 14.3. The number of aryl methyl sites for hydroxylation is 2. The van der Waals surface area contributed by atoms with Gasteiger partial charge in [0.1, 0.15) is 17.7 Å². The summed E-state index contributed by atoms with van der Waals surface area (Å²) in [5, 5.41) is 13.6. The molecule has 3 atom stereocenters. The van der Waals surface area contributed by atoms with Gasteiger partial charge in [-0.1, -0.05) is 18.6 Å². The minimum Gasteiger partial charge on any atom is -0.480 e. The van der Waals surface area contributed by atoms with Crippen LogP contribution in [-0.4, -0.2) is 59.9 Å². The first-order valence-corrected chi connectivity index (χ1v) is 14.3. The number of pyridine rings is 1. The van der Waals surface area contributed by atoms with E-state index in [9.17, 15) is 14.3 Å². The number of ether oxygens (including phenoxy) is 2. The van der Waals surface area contributed by atoms with E-state index < -0.39 is 17.8 Å². The maximum absolute atomic E-state index is 14.3. The van der Waals surface area contributed by atoms with Crippen molar-refractivity contribution in [3.05, 3.63) is 58.5 Å². The van der Waals surface area contributed by atoms with Crippen molar-refractivity contribution in [3.8, 4) is 0 Å². The third-order valence-corrected chi connectivity index (χ3v) is 8.03. The number of carboxylic acids is 1. The Bertz CT molecular complexity index is 1090. The van der Waals surface area contributed by atoms with Gasteiger partial charge >= 0.3 is 5.97 Å². The summed E-state index contributed by atoms with van der Waals surface area (Å²) in [5.41, 5.74) is 3.77. The van der Waals surface area contributed by atoms with E-state index in [1.165, 1.54) is 24.1 Å². The first-order valence-electron chi connectivity index (χ1n) is 14.3. The molecule has 1 aromatic carbocycles. The van der Waals surface area contributed by atoms with E-state index >= 15 is 0 Å². The van der Waals surface area contributed by atoms with Crippen LogP contribution in [0, 0.1) is 5.82 Å².